The van der Waals surface area contributed by atoms with E-state index in [-0.39, 0.29) is 17.8 Å². The van der Waals surface area contributed by atoms with Crippen molar-refractivity contribution in [2.75, 3.05) is 7.11 Å². The van der Waals surface area contributed by atoms with Gasteiger partial charge in [-0.05, 0) is 30.5 Å². The number of rotatable bonds is 7. The number of fused-ring (bicyclic) bond motifs is 1. The Morgan fingerprint density at radius 1 is 1.12 bits per heavy atom. The predicted octanol–water partition coefficient (Wildman–Crippen LogP) is 3.30. The maximum Gasteiger partial charge on any atom is 0.339 e. The number of carbonyl (C=O) groups excluding carboxylic acids is 2. The van der Waals surface area contributed by atoms with Crippen molar-refractivity contribution in [1.82, 2.24) is 19.5 Å². The van der Waals surface area contributed by atoms with Gasteiger partial charge in [-0.3, -0.25) is 24.1 Å². The molecule has 0 aromatic carbocycles. The number of hydrogen-bond donors (Lipinski definition) is 0. The lowest BCUT2D eigenvalue weighted by atomic mass is 9.83. The van der Waals surface area contributed by atoms with Gasteiger partial charge in [-0.1, -0.05) is 32.1 Å². The molecule has 4 rings (SSSR count). The van der Waals surface area contributed by atoms with Gasteiger partial charge >= 0.3 is 5.97 Å². The van der Waals surface area contributed by atoms with Crippen LogP contribution in [0.2, 0.25) is 0 Å². The topological polar surface area (TPSA) is 104 Å². The molecule has 0 spiro atoms. The van der Waals surface area contributed by atoms with Crippen LogP contribution in [0.25, 0.3) is 10.9 Å². The highest BCUT2D eigenvalue weighted by Gasteiger charge is 2.27. The Kier molecular flexibility index (Phi) is 6.68. The minimum absolute atomic E-state index is 0.0691. The number of esters is 1. The Labute approximate surface area is 185 Å². The van der Waals surface area contributed by atoms with Gasteiger partial charge in [-0.15, -0.1) is 0 Å². The van der Waals surface area contributed by atoms with Crippen LogP contribution in [0.5, 0.6) is 0 Å². The molecule has 1 aliphatic rings. The summed E-state index contributed by atoms with van der Waals surface area (Å²) in [4.78, 5) is 50.9. The monoisotopic (exact) mass is 434 g/mol. The number of Topliss-reactive ketones (excluding diaryl/α,β-unsaturated/α-hetero) is 1. The van der Waals surface area contributed by atoms with Crippen molar-refractivity contribution in [1.29, 1.82) is 0 Å². The highest BCUT2D eigenvalue weighted by molar-refractivity contribution is 5.89. The normalized spacial score (nSPS) is 15.4. The second-order valence-electron chi connectivity index (χ2n) is 8.28. The molecule has 3 aromatic rings. The summed E-state index contributed by atoms with van der Waals surface area (Å²) in [5.74, 6) is -0.174. The average Bonchev–Trinajstić information content (AvgIpc) is 2.84. The van der Waals surface area contributed by atoms with Crippen LogP contribution >= 0.6 is 0 Å². The number of ketones is 1. The van der Waals surface area contributed by atoms with Gasteiger partial charge in [0, 0.05) is 18.1 Å². The molecule has 1 unspecified atom stereocenters. The summed E-state index contributed by atoms with van der Waals surface area (Å²) < 4.78 is 6.17. The van der Waals surface area contributed by atoms with Crippen LogP contribution in [0.3, 0.4) is 0 Å². The minimum Gasteiger partial charge on any atom is -0.465 e. The van der Waals surface area contributed by atoms with E-state index in [1.807, 2.05) is 0 Å². The van der Waals surface area contributed by atoms with Gasteiger partial charge in [0.05, 0.1) is 48.6 Å². The standard InChI is InChI=1S/C24H26N4O4/c1-32-24(31)17-7-8-18(26-13-17)12-22(29)21(11-16-5-3-2-4-6-16)28-15-27-20-14-25-10-9-19(20)23(28)30/h7-10,13-16,21H,2-6,11-12H2,1H3. The lowest BCUT2D eigenvalue weighted by Gasteiger charge is -2.27. The molecular weight excluding hydrogens is 408 g/mol. The summed E-state index contributed by atoms with van der Waals surface area (Å²) in [5.41, 5.74) is 1.14. The number of carbonyl (C=O) groups is 2. The second-order valence-corrected chi connectivity index (χ2v) is 8.28. The summed E-state index contributed by atoms with van der Waals surface area (Å²) >= 11 is 0. The third-order valence-corrected chi connectivity index (χ3v) is 6.18. The zero-order valence-corrected chi connectivity index (χ0v) is 18.1. The molecule has 1 fully saturated rings. The van der Waals surface area contributed by atoms with Crippen LogP contribution in [0.4, 0.5) is 0 Å². The maximum atomic E-state index is 13.4. The Bertz CT molecular complexity index is 1170. The molecule has 0 N–H and O–H groups in total. The number of aromatic nitrogens is 4. The second kappa shape index (κ2) is 9.80. The highest BCUT2D eigenvalue weighted by atomic mass is 16.5. The number of pyridine rings is 2. The molecule has 0 saturated heterocycles. The van der Waals surface area contributed by atoms with Crippen LogP contribution in [-0.2, 0) is 16.0 Å². The maximum absolute atomic E-state index is 13.4. The zero-order chi connectivity index (χ0) is 22.5. The van der Waals surface area contributed by atoms with E-state index in [4.69, 9.17) is 4.74 Å². The van der Waals surface area contributed by atoms with E-state index >= 15 is 0 Å². The molecule has 0 amide bonds. The van der Waals surface area contributed by atoms with Crippen molar-refractivity contribution < 1.29 is 14.3 Å². The first kappa shape index (κ1) is 21.8. The van der Waals surface area contributed by atoms with Crippen LogP contribution in [0.15, 0.2) is 47.9 Å². The van der Waals surface area contributed by atoms with Gasteiger partial charge in [-0.25, -0.2) is 9.78 Å². The average molecular weight is 434 g/mol. The molecular formula is C24H26N4O4. The van der Waals surface area contributed by atoms with E-state index in [9.17, 15) is 14.4 Å². The van der Waals surface area contributed by atoms with Gasteiger partial charge in [0.15, 0.2) is 5.78 Å². The SMILES string of the molecule is COC(=O)c1ccc(CC(=O)C(CC2CCCCC2)n2cnc3cnccc3c2=O)nc1. The lowest BCUT2D eigenvalue weighted by Crippen LogP contribution is -2.33. The predicted molar refractivity (Wildman–Crippen MR) is 118 cm³/mol. The summed E-state index contributed by atoms with van der Waals surface area (Å²) in [7, 11) is 1.31. The van der Waals surface area contributed by atoms with E-state index in [1.165, 1.54) is 30.6 Å². The fourth-order valence-electron chi connectivity index (χ4n) is 4.41. The summed E-state index contributed by atoms with van der Waals surface area (Å²) in [6.07, 6.45) is 12.3. The van der Waals surface area contributed by atoms with E-state index in [0.29, 0.717) is 34.5 Å². The molecule has 3 aromatic heterocycles. The molecule has 1 aliphatic carbocycles. The quantitative estimate of drug-likeness (QED) is 0.526. The van der Waals surface area contributed by atoms with Crippen LogP contribution in [-0.4, -0.2) is 38.4 Å². The van der Waals surface area contributed by atoms with Crippen molar-refractivity contribution in [2.45, 2.75) is 51.0 Å². The van der Waals surface area contributed by atoms with E-state index in [1.54, 1.807) is 30.6 Å². The number of ether oxygens (including phenoxy) is 1. The lowest BCUT2D eigenvalue weighted by molar-refractivity contribution is -0.122. The molecule has 1 saturated carbocycles. The Morgan fingerprint density at radius 3 is 2.66 bits per heavy atom. The van der Waals surface area contributed by atoms with Crippen LogP contribution in [0, 0.1) is 5.92 Å². The highest BCUT2D eigenvalue weighted by Crippen LogP contribution is 2.31. The fourth-order valence-corrected chi connectivity index (χ4v) is 4.41. The van der Waals surface area contributed by atoms with Crippen LogP contribution in [0.1, 0.15) is 60.6 Å². The van der Waals surface area contributed by atoms with Gasteiger partial charge < -0.3 is 4.74 Å². The van der Waals surface area contributed by atoms with Crippen LogP contribution < -0.4 is 5.56 Å². The summed E-state index contributed by atoms with van der Waals surface area (Å²) in [6, 6.07) is 4.26. The van der Waals surface area contributed by atoms with Gasteiger partial charge in [0.2, 0.25) is 0 Å². The van der Waals surface area contributed by atoms with Crippen molar-refractivity contribution in [3.63, 3.8) is 0 Å². The largest absolute Gasteiger partial charge is 0.465 e. The fraction of sp³-hybridized carbons (Fsp3) is 0.417. The zero-order valence-electron chi connectivity index (χ0n) is 18.1. The Balaban J connectivity index is 1.63. The molecule has 0 bridgehead atoms. The molecule has 8 heteroatoms. The summed E-state index contributed by atoms with van der Waals surface area (Å²) in [6.45, 7) is 0. The first-order valence-electron chi connectivity index (χ1n) is 10.9. The minimum atomic E-state index is -0.613. The first-order chi connectivity index (χ1) is 15.6. The number of methoxy groups -OCH3 is 1. The van der Waals surface area contributed by atoms with Crippen molar-refractivity contribution in [2.24, 2.45) is 5.92 Å². The van der Waals surface area contributed by atoms with Crippen molar-refractivity contribution in [3.8, 4) is 0 Å². The molecule has 3 heterocycles. The smallest absolute Gasteiger partial charge is 0.339 e. The number of hydrogen-bond acceptors (Lipinski definition) is 7. The molecule has 1 atom stereocenters. The number of nitrogens with zero attached hydrogens (tertiary/aromatic N) is 4. The molecule has 0 radical (unpaired) electrons. The van der Waals surface area contributed by atoms with E-state index in [2.05, 4.69) is 15.0 Å². The van der Waals surface area contributed by atoms with Gasteiger partial charge in [-0.2, -0.15) is 0 Å². The molecule has 166 valence electrons. The van der Waals surface area contributed by atoms with Crippen molar-refractivity contribution >= 4 is 22.7 Å². The third kappa shape index (κ3) is 4.74. The molecule has 32 heavy (non-hydrogen) atoms. The summed E-state index contributed by atoms with van der Waals surface area (Å²) in [5, 5.41) is 0.449. The molecule has 0 aliphatic heterocycles. The van der Waals surface area contributed by atoms with Gasteiger partial charge in [0.25, 0.3) is 5.56 Å². The Morgan fingerprint density at radius 2 is 1.94 bits per heavy atom. The van der Waals surface area contributed by atoms with Crippen molar-refractivity contribution in [3.05, 3.63) is 64.7 Å². The third-order valence-electron chi connectivity index (χ3n) is 6.18. The molecule has 8 nitrogen and oxygen atoms in total. The van der Waals surface area contributed by atoms with Gasteiger partial charge in [0.1, 0.15) is 0 Å². The first-order valence-corrected chi connectivity index (χ1v) is 10.9. The Hall–Kier alpha value is -3.42. The van der Waals surface area contributed by atoms with E-state index in [0.717, 1.165) is 25.7 Å². The van der Waals surface area contributed by atoms with E-state index < -0.39 is 12.0 Å².